The summed E-state index contributed by atoms with van der Waals surface area (Å²) in [5.41, 5.74) is 3.31. The monoisotopic (exact) mass is 426 g/mol. The molecule has 4 rings (SSSR count). The minimum Gasteiger partial charge on any atom is -0.300 e. The molecule has 1 aliphatic heterocycles. The van der Waals surface area contributed by atoms with Gasteiger partial charge >= 0.3 is 0 Å². The van der Waals surface area contributed by atoms with Crippen molar-refractivity contribution in [1.82, 2.24) is 15.1 Å². The normalized spacial score (nSPS) is 17.2. The number of nitrogens with zero attached hydrogens (tertiary/aromatic N) is 3. The van der Waals surface area contributed by atoms with E-state index in [4.69, 9.17) is 11.6 Å². The molecule has 0 saturated carbocycles. The summed E-state index contributed by atoms with van der Waals surface area (Å²) in [7, 11) is 0. The Labute approximate surface area is 179 Å². The minimum absolute atomic E-state index is 0.0143. The third-order valence-electron chi connectivity index (χ3n) is 5.18. The molecular weight excluding hydrogens is 404 g/mol. The predicted molar refractivity (Wildman–Crippen MR) is 118 cm³/mol. The standard InChI is InChI=1S/C22H23ClN4OS/c1-15-8-10-16(11-9-15)21-25-26-22(29-21)24-20(28)18-6-4-12-27(14-18)13-17-5-2-3-7-19(17)23/h2-3,5,7-11,18H,4,6,12-14H2,1H3,(H,24,26,28)/t18-/m1/s1. The molecule has 0 unspecified atom stereocenters. The number of likely N-dealkylation sites (tertiary alicyclic amines) is 1. The molecule has 1 aromatic heterocycles. The number of hydrogen-bond donors (Lipinski definition) is 1. The summed E-state index contributed by atoms with van der Waals surface area (Å²) in [4.78, 5) is 15.1. The molecule has 0 spiro atoms. The number of hydrogen-bond acceptors (Lipinski definition) is 5. The van der Waals surface area contributed by atoms with Gasteiger partial charge in [0.05, 0.1) is 5.92 Å². The molecular formula is C22H23ClN4OS. The van der Waals surface area contributed by atoms with Crippen molar-refractivity contribution in [3.8, 4) is 10.6 Å². The smallest absolute Gasteiger partial charge is 0.230 e. The van der Waals surface area contributed by atoms with Crippen LogP contribution in [0.2, 0.25) is 5.02 Å². The summed E-state index contributed by atoms with van der Waals surface area (Å²) >= 11 is 7.70. The van der Waals surface area contributed by atoms with Gasteiger partial charge in [-0.2, -0.15) is 0 Å². The largest absolute Gasteiger partial charge is 0.300 e. The number of benzene rings is 2. The van der Waals surface area contributed by atoms with E-state index in [-0.39, 0.29) is 11.8 Å². The minimum atomic E-state index is -0.0574. The van der Waals surface area contributed by atoms with E-state index in [1.807, 2.05) is 48.5 Å². The molecule has 3 aromatic rings. The number of piperidine rings is 1. The van der Waals surface area contributed by atoms with Crippen LogP contribution in [-0.2, 0) is 11.3 Å². The zero-order valence-electron chi connectivity index (χ0n) is 16.3. The van der Waals surface area contributed by atoms with E-state index in [1.54, 1.807) is 0 Å². The lowest BCUT2D eigenvalue weighted by Gasteiger charge is -2.32. The van der Waals surface area contributed by atoms with Gasteiger partial charge in [0.25, 0.3) is 0 Å². The molecule has 150 valence electrons. The zero-order valence-corrected chi connectivity index (χ0v) is 17.8. The molecule has 1 fully saturated rings. The number of amides is 1. The van der Waals surface area contributed by atoms with Gasteiger partial charge in [-0.05, 0) is 37.9 Å². The quantitative estimate of drug-likeness (QED) is 0.622. The lowest BCUT2D eigenvalue weighted by Crippen LogP contribution is -2.40. The van der Waals surface area contributed by atoms with Crippen LogP contribution in [0.3, 0.4) is 0 Å². The van der Waals surface area contributed by atoms with Crippen LogP contribution < -0.4 is 5.32 Å². The molecule has 0 bridgehead atoms. The van der Waals surface area contributed by atoms with E-state index >= 15 is 0 Å². The number of rotatable bonds is 5. The maximum Gasteiger partial charge on any atom is 0.230 e. The van der Waals surface area contributed by atoms with Crippen LogP contribution >= 0.6 is 22.9 Å². The molecule has 1 aliphatic rings. The molecule has 2 aromatic carbocycles. The molecule has 1 amide bonds. The van der Waals surface area contributed by atoms with E-state index in [0.717, 1.165) is 53.6 Å². The van der Waals surface area contributed by atoms with Crippen molar-refractivity contribution in [2.45, 2.75) is 26.3 Å². The number of carbonyl (C=O) groups is 1. The Morgan fingerprint density at radius 1 is 1.21 bits per heavy atom. The second kappa shape index (κ2) is 9.03. The highest BCUT2D eigenvalue weighted by atomic mass is 35.5. The molecule has 1 N–H and O–H groups in total. The fraction of sp³-hybridized carbons (Fsp3) is 0.318. The van der Waals surface area contributed by atoms with Crippen molar-refractivity contribution in [3.05, 3.63) is 64.7 Å². The first-order valence-electron chi connectivity index (χ1n) is 9.75. The summed E-state index contributed by atoms with van der Waals surface area (Å²) in [6, 6.07) is 16.0. The van der Waals surface area contributed by atoms with Crippen LogP contribution in [0.5, 0.6) is 0 Å². The van der Waals surface area contributed by atoms with Crippen LogP contribution in [-0.4, -0.2) is 34.1 Å². The number of nitrogens with one attached hydrogen (secondary N) is 1. The zero-order chi connectivity index (χ0) is 20.2. The van der Waals surface area contributed by atoms with Gasteiger partial charge in [0.1, 0.15) is 5.01 Å². The predicted octanol–water partition coefficient (Wildman–Crippen LogP) is 5.02. The highest BCUT2D eigenvalue weighted by Gasteiger charge is 2.27. The number of anilines is 1. The molecule has 0 radical (unpaired) electrons. The van der Waals surface area contributed by atoms with Crippen LogP contribution in [0, 0.1) is 12.8 Å². The van der Waals surface area contributed by atoms with Gasteiger partial charge in [-0.15, -0.1) is 10.2 Å². The molecule has 0 aliphatic carbocycles. The Kier molecular flexibility index (Phi) is 6.23. The second-order valence-corrected chi connectivity index (χ2v) is 8.82. The highest BCUT2D eigenvalue weighted by Crippen LogP contribution is 2.28. The average molecular weight is 427 g/mol. The van der Waals surface area contributed by atoms with Crippen molar-refractivity contribution >= 4 is 34.0 Å². The fourth-order valence-electron chi connectivity index (χ4n) is 3.57. The number of aryl methyl sites for hydroxylation is 1. The third kappa shape index (κ3) is 5.01. The Morgan fingerprint density at radius 3 is 2.79 bits per heavy atom. The van der Waals surface area contributed by atoms with Crippen LogP contribution in [0.25, 0.3) is 10.6 Å². The molecule has 2 heterocycles. The number of aromatic nitrogens is 2. The molecule has 1 atom stereocenters. The van der Waals surface area contributed by atoms with Gasteiger partial charge in [-0.1, -0.05) is 71.0 Å². The Hall–Kier alpha value is -2.28. The third-order valence-corrected chi connectivity index (χ3v) is 6.44. The first-order chi connectivity index (χ1) is 14.1. The van der Waals surface area contributed by atoms with E-state index in [9.17, 15) is 4.79 Å². The van der Waals surface area contributed by atoms with Crippen LogP contribution in [0.1, 0.15) is 24.0 Å². The maximum atomic E-state index is 12.8. The summed E-state index contributed by atoms with van der Waals surface area (Å²) in [6.07, 6.45) is 1.88. The van der Waals surface area contributed by atoms with E-state index < -0.39 is 0 Å². The Balaban J connectivity index is 1.37. The summed E-state index contributed by atoms with van der Waals surface area (Å²) in [5.74, 6) is -0.0431. The van der Waals surface area contributed by atoms with Crippen LogP contribution in [0.15, 0.2) is 48.5 Å². The topological polar surface area (TPSA) is 58.1 Å². The van der Waals surface area contributed by atoms with Gasteiger partial charge in [0.2, 0.25) is 11.0 Å². The lowest BCUT2D eigenvalue weighted by atomic mass is 9.97. The number of carbonyl (C=O) groups excluding carboxylic acids is 1. The van der Waals surface area contributed by atoms with E-state index in [1.165, 1.54) is 16.9 Å². The fourth-order valence-corrected chi connectivity index (χ4v) is 4.52. The maximum absolute atomic E-state index is 12.8. The van der Waals surface area contributed by atoms with Gasteiger partial charge in [-0.25, -0.2) is 0 Å². The highest BCUT2D eigenvalue weighted by molar-refractivity contribution is 7.18. The Morgan fingerprint density at radius 2 is 2.00 bits per heavy atom. The lowest BCUT2D eigenvalue weighted by molar-refractivity contribution is -0.121. The SMILES string of the molecule is Cc1ccc(-c2nnc(NC(=O)[C@@H]3CCCN(Cc4ccccc4Cl)C3)s2)cc1. The number of halogens is 1. The van der Waals surface area contributed by atoms with E-state index in [2.05, 4.69) is 27.3 Å². The summed E-state index contributed by atoms with van der Waals surface area (Å²) in [5, 5.41) is 13.5. The summed E-state index contributed by atoms with van der Waals surface area (Å²) in [6.45, 7) is 4.51. The molecule has 7 heteroatoms. The van der Waals surface area contributed by atoms with Crippen molar-refractivity contribution in [2.75, 3.05) is 18.4 Å². The van der Waals surface area contributed by atoms with Crippen molar-refractivity contribution in [3.63, 3.8) is 0 Å². The second-order valence-electron chi connectivity index (χ2n) is 7.43. The van der Waals surface area contributed by atoms with Crippen molar-refractivity contribution in [1.29, 1.82) is 0 Å². The average Bonchev–Trinajstić information content (AvgIpc) is 3.19. The van der Waals surface area contributed by atoms with Crippen molar-refractivity contribution in [2.24, 2.45) is 5.92 Å². The van der Waals surface area contributed by atoms with E-state index in [0.29, 0.717) is 5.13 Å². The van der Waals surface area contributed by atoms with Crippen molar-refractivity contribution < 1.29 is 4.79 Å². The first-order valence-corrected chi connectivity index (χ1v) is 10.9. The summed E-state index contributed by atoms with van der Waals surface area (Å²) < 4.78 is 0. The molecule has 29 heavy (non-hydrogen) atoms. The van der Waals surface area contributed by atoms with Gasteiger partial charge in [0.15, 0.2) is 0 Å². The molecule has 5 nitrogen and oxygen atoms in total. The van der Waals surface area contributed by atoms with Gasteiger partial charge in [-0.3, -0.25) is 9.69 Å². The first kappa shape index (κ1) is 20.0. The molecule has 1 saturated heterocycles. The Bertz CT molecular complexity index is 988. The van der Waals surface area contributed by atoms with Gasteiger partial charge in [0, 0.05) is 23.7 Å². The van der Waals surface area contributed by atoms with Gasteiger partial charge < -0.3 is 5.32 Å². The van der Waals surface area contributed by atoms with Crippen LogP contribution in [0.4, 0.5) is 5.13 Å².